The maximum absolute atomic E-state index is 12.4. The second-order valence-corrected chi connectivity index (χ2v) is 6.89. The fraction of sp³-hybridized carbons (Fsp3) is 0.333. The van der Waals surface area contributed by atoms with Gasteiger partial charge in [-0.3, -0.25) is 9.59 Å². The number of carbonyl (C=O) groups is 2. The molecular formula is C21H21ClO4. The smallest absolute Gasteiger partial charge is 0.319 e. The minimum Gasteiger partial charge on any atom is -0.465 e. The zero-order valence-electron chi connectivity index (χ0n) is 14.7. The third kappa shape index (κ3) is 3.91. The van der Waals surface area contributed by atoms with E-state index in [4.69, 9.17) is 21.1 Å². The van der Waals surface area contributed by atoms with Crippen LogP contribution in [0.3, 0.4) is 0 Å². The third-order valence-corrected chi connectivity index (χ3v) is 4.94. The number of ether oxygens (including phenoxy) is 2. The first-order chi connectivity index (χ1) is 12.5. The summed E-state index contributed by atoms with van der Waals surface area (Å²) in [5.74, 6) is 0.955. The lowest BCUT2D eigenvalue weighted by molar-refractivity contribution is -0.158. The van der Waals surface area contributed by atoms with Crippen molar-refractivity contribution >= 4 is 23.4 Å². The molecule has 1 unspecified atom stereocenters. The van der Waals surface area contributed by atoms with Crippen LogP contribution in [0.4, 0.5) is 0 Å². The predicted octanol–water partition coefficient (Wildman–Crippen LogP) is 4.98. The normalized spacial score (nSPS) is 19.4. The molecule has 0 N–H and O–H groups in total. The van der Waals surface area contributed by atoms with Crippen LogP contribution in [0.15, 0.2) is 48.5 Å². The number of benzene rings is 2. The summed E-state index contributed by atoms with van der Waals surface area (Å²) in [6.45, 7) is 2.04. The lowest BCUT2D eigenvalue weighted by atomic mass is 9.79. The molecule has 1 saturated carbocycles. The molecule has 3 rings (SSSR count). The first kappa shape index (κ1) is 18.5. The Labute approximate surface area is 158 Å². The summed E-state index contributed by atoms with van der Waals surface area (Å²) in [7, 11) is 0. The minimum atomic E-state index is -1.03. The second-order valence-electron chi connectivity index (χ2n) is 6.46. The largest absolute Gasteiger partial charge is 0.465 e. The van der Waals surface area contributed by atoms with Crippen LogP contribution in [-0.2, 0) is 20.7 Å². The molecule has 1 aliphatic carbocycles. The molecule has 2 aromatic rings. The van der Waals surface area contributed by atoms with E-state index < -0.39 is 11.4 Å². The van der Waals surface area contributed by atoms with Gasteiger partial charge in [0.15, 0.2) is 5.78 Å². The number of carbonyl (C=O) groups excluding carboxylic acids is 2. The highest BCUT2D eigenvalue weighted by molar-refractivity contribution is 6.30. The van der Waals surface area contributed by atoms with Crippen LogP contribution in [0.25, 0.3) is 0 Å². The van der Waals surface area contributed by atoms with Crippen molar-refractivity contribution in [3.63, 3.8) is 0 Å². The maximum Gasteiger partial charge on any atom is 0.319 e. The zero-order chi connectivity index (χ0) is 18.6. The molecular weight excluding hydrogens is 352 g/mol. The number of Topliss-reactive ketones (excluding diaryl/α,β-unsaturated/α-hetero) is 1. The van der Waals surface area contributed by atoms with Crippen molar-refractivity contribution < 1.29 is 19.1 Å². The first-order valence-electron chi connectivity index (χ1n) is 8.76. The van der Waals surface area contributed by atoms with Crippen molar-refractivity contribution in [3.05, 3.63) is 59.1 Å². The molecule has 26 heavy (non-hydrogen) atoms. The monoisotopic (exact) mass is 372 g/mol. The molecule has 1 aliphatic rings. The minimum absolute atomic E-state index is 0.0163. The van der Waals surface area contributed by atoms with Gasteiger partial charge in [-0.15, -0.1) is 0 Å². The Bertz CT molecular complexity index is 783. The molecule has 0 saturated heterocycles. The standard InChI is InChI=1S/C21H21ClO4/c1-2-25-20(24)21(13-3-4-19(21)23)14-15-5-9-17(10-6-15)26-18-11-7-16(22)8-12-18/h5-12H,2-4,13-14H2,1H3. The van der Waals surface area contributed by atoms with Crippen molar-refractivity contribution in [1.82, 2.24) is 0 Å². The average Bonchev–Trinajstić information content (AvgIpc) is 3.00. The van der Waals surface area contributed by atoms with E-state index in [-0.39, 0.29) is 12.4 Å². The maximum atomic E-state index is 12.4. The van der Waals surface area contributed by atoms with Crippen LogP contribution >= 0.6 is 11.6 Å². The molecule has 0 bridgehead atoms. The van der Waals surface area contributed by atoms with E-state index in [1.54, 1.807) is 31.2 Å². The Morgan fingerprint density at radius 3 is 2.23 bits per heavy atom. The highest BCUT2D eigenvalue weighted by Crippen LogP contribution is 2.39. The van der Waals surface area contributed by atoms with Crippen molar-refractivity contribution in [1.29, 1.82) is 0 Å². The summed E-state index contributed by atoms with van der Waals surface area (Å²) in [6, 6.07) is 14.6. The summed E-state index contributed by atoms with van der Waals surface area (Å²) in [4.78, 5) is 24.9. The molecule has 0 radical (unpaired) electrons. The van der Waals surface area contributed by atoms with Crippen LogP contribution < -0.4 is 4.74 Å². The Morgan fingerprint density at radius 2 is 1.69 bits per heavy atom. The number of hydrogen-bond donors (Lipinski definition) is 0. The number of esters is 1. The fourth-order valence-electron chi connectivity index (χ4n) is 3.34. The highest BCUT2D eigenvalue weighted by atomic mass is 35.5. The summed E-state index contributed by atoms with van der Waals surface area (Å²) in [5, 5.41) is 0.651. The van der Waals surface area contributed by atoms with Gasteiger partial charge in [-0.2, -0.15) is 0 Å². The Balaban J connectivity index is 1.74. The van der Waals surface area contributed by atoms with Gasteiger partial charge in [0, 0.05) is 11.4 Å². The van der Waals surface area contributed by atoms with Crippen LogP contribution in [0.2, 0.25) is 5.02 Å². The molecule has 0 heterocycles. The number of halogens is 1. The average molecular weight is 373 g/mol. The van der Waals surface area contributed by atoms with E-state index >= 15 is 0 Å². The van der Waals surface area contributed by atoms with Gasteiger partial charge < -0.3 is 9.47 Å². The summed E-state index contributed by atoms with van der Waals surface area (Å²) < 4.78 is 11.0. The van der Waals surface area contributed by atoms with Crippen LogP contribution in [0.5, 0.6) is 11.5 Å². The number of ketones is 1. The molecule has 0 spiro atoms. The van der Waals surface area contributed by atoms with Gasteiger partial charge >= 0.3 is 5.97 Å². The summed E-state index contributed by atoms with van der Waals surface area (Å²) >= 11 is 5.87. The number of hydrogen-bond acceptors (Lipinski definition) is 4. The Morgan fingerprint density at radius 1 is 1.08 bits per heavy atom. The van der Waals surface area contributed by atoms with E-state index in [1.807, 2.05) is 24.3 Å². The van der Waals surface area contributed by atoms with Gasteiger partial charge in [-0.05, 0) is 68.1 Å². The lowest BCUT2D eigenvalue weighted by Crippen LogP contribution is -2.39. The van der Waals surface area contributed by atoms with E-state index in [0.29, 0.717) is 35.8 Å². The molecule has 0 aromatic heterocycles. The van der Waals surface area contributed by atoms with E-state index in [1.165, 1.54) is 0 Å². The molecule has 0 amide bonds. The predicted molar refractivity (Wildman–Crippen MR) is 99.6 cm³/mol. The molecule has 4 nitrogen and oxygen atoms in total. The zero-order valence-corrected chi connectivity index (χ0v) is 15.4. The molecule has 2 aromatic carbocycles. The molecule has 1 atom stereocenters. The number of rotatable bonds is 6. The van der Waals surface area contributed by atoms with Crippen LogP contribution in [-0.4, -0.2) is 18.4 Å². The van der Waals surface area contributed by atoms with Gasteiger partial charge in [0.2, 0.25) is 0 Å². The third-order valence-electron chi connectivity index (χ3n) is 4.69. The molecule has 0 aliphatic heterocycles. The Kier molecular flexibility index (Phi) is 5.62. The van der Waals surface area contributed by atoms with Gasteiger partial charge in [-0.25, -0.2) is 0 Å². The summed E-state index contributed by atoms with van der Waals surface area (Å²) in [6.07, 6.45) is 2.09. The van der Waals surface area contributed by atoms with Crippen molar-refractivity contribution in [3.8, 4) is 11.5 Å². The lowest BCUT2D eigenvalue weighted by Gasteiger charge is -2.25. The molecule has 136 valence electrons. The van der Waals surface area contributed by atoms with Gasteiger partial charge in [0.25, 0.3) is 0 Å². The molecule has 5 heteroatoms. The SMILES string of the molecule is CCOC(=O)C1(Cc2ccc(Oc3ccc(Cl)cc3)cc2)CCCC1=O. The highest BCUT2D eigenvalue weighted by Gasteiger charge is 2.49. The van der Waals surface area contributed by atoms with Crippen molar-refractivity contribution in [2.24, 2.45) is 5.41 Å². The van der Waals surface area contributed by atoms with Crippen LogP contribution in [0, 0.1) is 5.41 Å². The fourth-order valence-corrected chi connectivity index (χ4v) is 3.46. The van der Waals surface area contributed by atoms with E-state index in [0.717, 1.165) is 12.0 Å². The van der Waals surface area contributed by atoms with E-state index in [9.17, 15) is 9.59 Å². The van der Waals surface area contributed by atoms with Gasteiger partial charge in [0.1, 0.15) is 16.9 Å². The Hall–Kier alpha value is -2.33. The van der Waals surface area contributed by atoms with Crippen molar-refractivity contribution in [2.75, 3.05) is 6.61 Å². The van der Waals surface area contributed by atoms with Gasteiger partial charge in [-0.1, -0.05) is 23.7 Å². The molecule has 1 fully saturated rings. The second kappa shape index (κ2) is 7.92. The van der Waals surface area contributed by atoms with Crippen molar-refractivity contribution in [2.45, 2.75) is 32.6 Å². The quantitative estimate of drug-likeness (QED) is 0.530. The van der Waals surface area contributed by atoms with Crippen LogP contribution in [0.1, 0.15) is 31.7 Å². The van der Waals surface area contributed by atoms with E-state index in [2.05, 4.69) is 0 Å². The first-order valence-corrected chi connectivity index (χ1v) is 9.14. The van der Waals surface area contributed by atoms with Gasteiger partial charge in [0.05, 0.1) is 6.61 Å². The topological polar surface area (TPSA) is 52.6 Å². The summed E-state index contributed by atoms with van der Waals surface area (Å²) in [5.41, 5.74) is -0.120.